The molecule has 3 N–H and O–H groups in total. The topological polar surface area (TPSA) is 61.4 Å². The van der Waals surface area contributed by atoms with Gasteiger partial charge >= 0.3 is 6.03 Å². The molecule has 0 fully saturated rings. The van der Waals surface area contributed by atoms with Crippen molar-refractivity contribution in [2.45, 2.75) is 12.5 Å². The van der Waals surface area contributed by atoms with Gasteiger partial charge in [-0.25, -0.2) is 9.18 Å². The minimum atomic E-state index is -0.546. The predicted molar refractivity (Wildman–Crippen MR) is 79.6 cm³/mol. The van der Waals surface area contributed by atoms with Crippen molar-refractivity contribution in [2.75, 3.05) is 11.9 Å². The molecule has 2 aromatic carbocycles. The number of halogens is 1. The molecule has 21 heavy (non-hydrogen) atoms. The van der Waals surface area contributed by atoms with Crippen molar-refractivity contribution in [2.24, 2.45) is 0 Å². The third-order valence-electron chi connectivity index (χ3n) is 3.00. The van der Waals surface area contributed by atoms with Crippen molar-refractivity contribution in [1.82, 2.24) is 5.32 Å². The first-order chi connectivity index (χ1) is 10.2. The summed E-state index contributed by atoms with van der Waals surface area (Å²) in [7, 11) is 0. The second-order valence-electron chi connectivity index (χ2n) is 4.65. The molecule has 1 atom stereocenters. The van der Waals surface area contributed by atoms with Gasteiger partial charge in [0, 0.05) is 0 Å². The summed E-state index contributed by atoms with van der Waals surface area (Å²) >= 11 is 0. The standard InChI is InChI=1S/C16H17FN2O2/c17-14-8-4-5-9-15(14)19-16(21)18-13(11-20)10-12-6-2-1-3-7-12/h1-9,13,20H,10-11H2,(H2,18,19,21)/t13-/m0/s1. The van der Waals surface area contributed by atoms with E-state index in [1.807, 2.05) is 30.3 Å². The molecule has 0 saturated heterocycles. The highest BCUT2D eigenvalue weighted by Gasteiger charge is 2.13. The van der Waals surface area contributed by atoms with Gasteiger partial charge in [-0.3, -0.25) is 0 Å². The van der Waals surface area contributed by atoms with Crippen LogP contribution in [0.3, 0.4) is 0 Å². The Bertz CT molecular complexity index is 590. The maximum absolute atomic E-state index is 13.4. The Hall–Kier alpha value is -2.40. The van der Waals surface area contributed by atoms with Gasteiger partial charge in [0.1, 0.15) is 5.82 Å². The van der Waals surface area contributed by atoms with E-state index in [0.717, 1.165) is 5.56 Å². The number of hydrogen-bond donors (Lipinski definition) is 3. The molecule has 0 aliphatic heterocycles. The summed E-state index contributed by atoms with van der Waals surface area (Å²) in [6.07, 6.45) is 0.502. The molecule has 5 heteroatoms. The second kappa shape index (κ2) is 7.40. The van der Waals surface area contributed by atoms with Gasteiger partial charge in [-0.2, -0.15) is 0 Å². The Balaban J connectivity index is 1.92. The van der Waals surface area contributed by atoms with Crippen LogP contribution >= 0.6 is 0 Å². The number of amides is 2. The van der Waals surface area contributed by atoms with Crippen LogP contribution in [-0.2, 0) is 6.42 Å². The van der Waals surface area contributed by atoms with E-state index in [1.165, 1.54) is 12.1 Å². The third-order valence-corrected chi connectivity index (χ3v) is 3.00. The quantitative estimate of drug-likeness (QED) is 0.792. The lowest BCUT2D eigenvalue weighted by atomic mass is 10.1. The SMILES string of the molecule is O=C(Nc1ccccc1F)N[C@H](CO)Cc1ccccc1. The van der Waals surface area contributed by atoms with Crippen molar-refractivity contribution < 1.29 is 14.3 Å². The number of urea groups is 1. The average molecular weight is 288 g/mol. The van der Waals surface area contributed by atoms with Gasteiger partial charge in [-0.05, 0) is 24.1 Å². The van der Waals surface area contributed by atoms with E-state index in [2.05, 4.69) is 10.6 Å². The number of carbonyl (C=O) groups excluding carboxylic acids is 1. The lowest BCUT2D eigenvalue weighted by molar-refractivity contribution is 0.224. The fraction of sp³-hybridized carbons (Fsp3) is 0.188. The predicted octanol–water partition coefficient (Wildman–Crippen LogP) is 2.55. The molecule has 2 rings (SSSR count). The van der Waals surface area contributed by atoms with Crippen molar-refractivity contribution in [3.05, 3.63) is 66.0 Å². The summed E-state index contributed by atoms with van der Waals surface area (Å²) in [4.78, 5) is 11.8. The minimum Gasteiger partial charge on any atom is -0.394 e. The van der Waals surface area contributed by atoms with E-state index < -0.39 is 17.9 Å². The van der Waals surface area contributed by atoms with Crippen LogP contribution in [0.15, 0.2) is 54.6 Å². The summed E-state index contributed by atoms with van der Waals surface area (Å²) in [6.45, 7) is -0.195. The van der Waals surface area contributed by atoms with Crippen LogP contribution in [0.4, 0.5) is 14.9 Å². The molecule has 2 aromatic rings. The lowest BCUT2D eigenvalue weighted by Gasteiger charge is -2.17. The average Bonchev–Trinajstić information content (AvgIpc) is 2.50. The Morgan fingerprint density at radius 2 is 1.76 bits per heavy atom. The number of rotatable bonds is 5. The summed E-state index contributed by atoms with van der Waals surface area (Å²) < 4.78 is 13.4. The monoisotopic (exact) mass is 288 g/mol. The molecule has 0 bridgehead atoms. The number of anilines is 1. The van der Waals surface area contributed by atoms with Gasteiger partial charge in [0.2, 0.25) is 0 Å². The van der Waals surface area contributed by atoms with Gasteiger partial charge in [0.15, 0.2) is 0 Å². The Morgan fingerprint density at radius 1 is 1.10 bits per heavy atom. The molecule has 110 valence electrons. The van der Waals surface area contributed by atoms with Gasteiger partial charge in [0.25, 0.3) is 0 Å². The van der Waals surface area contributed by atoms with Crippen molar-refractivity contribution in [3.63, 3.8) is 0 Å². The molecule has 0 radical (unpaired) electrons. The van der Waals surface area contributed by atoms with Crippen molar-refractivity contribution >= 4 is 11.7 Å². The molecule has 0 spiro atoms. The molecule has 0 unspecified atom stereocenters. The highest BCUT2D eigenvalue weighted by atomic mass is 19.1. The lowest BCUT2D eigenvalue weighted by Crippen LogP contribution is -2.41. The van der Waals surface area contributed by atoms with E-state index in [9.17, 15) is 14.3 Å². The number of hydrogen-bond acceptors (Lipinski definition) is 2. The Labute approximate surface area is 122 Å². The van der Waals surface area contributed by atoms with Crippen LogP contribution in [0.25, 0.3) is 0 Å². The number of benzene rings is 2. The van der Waals surface area contributed by atoms with E-state index in [4.69, 9.17) is 0 Å². The van der Waals surface area contributed by atoms with Crippen LogP contribution < -0.4 is 10.6 Å². The molecule has 2 amide bonds. The van der Waals surface area contributed by atoms with Gasteiger partial charge in [-0.1, -0.05) is 42.5 Å². The van der Waals surface area contributed by atoms with Gasteiger partial charge in [-0.15, -0.1) is 0 Å². The fourth-order valence-electron chi connectivity index (χ4n) is 1.97. The van der Waals surface area contributed by atoms with Crippen molar-refractivity contribution in [3.8, 4) is 0 Å². The van der Waals surface area contributed by atoms with E-state index in [1.54, 1.807) is 12.1 Å². The van der Waals surface area contributed by atoms with Gasteiger partial charge in [0.05, 0.1) is 18.3 Å². The summed E-state index contributed by atoms with van der Waals surface area (Å²) in [5.74, 6) is -0.503. The van der Waals surface area contributed by atoms with E-state index >= 15 is 0 Å². The zero-order valence-electron chi connectivity index (χ0n) is 11.4. The number of para-hydroxylation sites is 1. The maximum atomic E-state index is 13.4. The first-order valence-electron chi connectivity index (χ1n) is 6.66. The number of aliphatic hydroxyl groups excluding tert-OH is 1. The highest BCUT2D eigenvalue weighted by Crippen LogP contribution is 2.12. The van der Waals surface area contributed by atoms with Crippen LogP contribution in [0, 0.1) is 5.82 Å². The molecular formula is C16H17FN2O2. The molecule has 4 nitrogen and oxygen atoms in total. The van der Waals surface area contributed by atoms with Gasteiger partial charge < -0.3 is 15.7 Å². The molecule has 0 aliphatic rings. The Kier molecular flexibility index (Phi) is 5.29. The zero-order chi connectivity index (χ0) is 15.1. The van der Waals surface area contributed by atoms with Crippen LogP contribution in [-0.4, -0.2) is 23.8 Å². The molecule has 0 heterocycles. The number of nitrogens with one attached hydrogen (secondary N) is 2. The van der Waals surface area contributed by atoms with Crippen LogP contribution in [0.5, 0.6) is 0 Å². The molecule has 0 aromatic heterocycles. The largest absolute Gasteiger partial charge is 0.394 e. The normalized spacial score (nSPS) is 11.7. The van der Waals surface area contributed by atoms with Crippen LogP contribution in [0.1, 0.15) is 5.56 Å². The van der Waals surface area contributed by atoms with E-state index in [0.29, 0.717) is 6.42 Å². The molecular weight excluding hydrogens is 271 g/mol. The Morgan fingerprint density at radius 3 is 2.43 bits per heavy atom. The molecule has 0 aliphatic carbocycles. The zero-order valence-corrected chi connectivity index (χ0v) is 11.4. The molecule has 0 saturated carbocycles. The highest BCUT2D eigenvalue weighted by molar-refractivity contribution is 5.89. The summed E-state index contributed by atoms with van der Waals surface area (Å²) in [5.41, 5.74) is 1.11. The van der Waals surface area contributed by atoms with Crippen molar-refractivity contribution in [1.29, 1.82) is 0 Å². The second-order valence-corrected chi connectivity index (χ2v) is 4.65. The first kappa shape index (κ1) is 15.0. The third kappa shape index (κ3) is 4.57. The smallest absolute Gasteiger partial charge is 0.319 e. The fourth-order valence-corrected chi connectivity index (χ4v) is 1.97. The summed E-state index contributed by atoms with van der Waals surface area (Å²) in [5, 5.41) is 14.4. The maximum Gasteiger partial charge on any atom is 0.319 e. The van der Waals surface area contributed by atoms with Crippen LogP contribution in [0.2, 0.25) is 0 Å². The number of carbonyl (C=O) groups is 1. The van der Waals surface area contributed by atoms with E-state index in [-0.39, 0.29) is 12.3 Å². The first-order valence-corrected chi connectivity index (χ1v) is 6.66. The summed E-state index contributed by atoms with van der Waals surface area (Å²) in [6, 6.07) is 14.5. The minimum absolute atomic E-state index is 0.103. The number of aliphatic hydroxyl groups is 1.